The van der Waals surface area contributed by atoms with E-state index in [1.165, 1.54) is 38.5 Å². The topological polar surface area (TPSA) is 52.8 Å². The molecule has 0 unspecified atom stereocenters. The molecule has 0 aliphatic rings. The number of para-hydroxylation sites is 4. The molecule has 0 radical (unpaired) electrons. The van der Waals surface area contributed by atoms with Crippen LogP contribution in [-0.2, 0) is 45.8 Å². The number of nitrogens with zero attached hydrogens (tertiary/aromatic N) is 4. The van der Waals surface area contributed by atoms with Crippen molar-refractivity contribution >= 4 is 21.8 Å². The van der Waals surface area contributed by atoms with Crippen LogP contribution in [0.4, 0.5) is 0 Å². The van der Waals surface area contributed by atoms with Crippen LogP contribution in [0.3, 0.4) is 0 Å². The van der Waals surface area contributed by atoms with Crippen molar-refractivity contribution in [1.29, 1.82) is 0 Å². The SMILES string of the molecule is [Ir+3].[c-]1cccc2c3ccccc3n(-c3ccccn3)c12.[c-]1ccccc1-c1cc(CCc2ccccc2Oc2ccccc2CCc2cc[c-]c(-c3ccccn3)c2)ccn1. The third-order valence-electron chi connectivity index (χ3n) is 10.5. The molecule has 5 nitrogen and oxygen atoms in total. The quantitative estimate of drug-likeness (QED) is 0.121. The molecule has 0 aliphatic carbocycles. The van der Waals surface area contributed by atoms with Crippen LogP contribution >= 0.6 is 0 Å². The van der Waals surface area contributed by atoms with Gasteiger partial charge in [-0.3, -0.25) is 0 Å². The minimum atomic E-state index is 0. The molecular formula is C55H41IrN4O. The summed E-state index contributed by atoms with van der Waals surface area (Å²) in [6, 6.07) is 71.5. The molecule has 0 amide bonds. The van der Waals surface area contributed by atoms with Crippen LogP contribution in [0.2, 0.25) is 0 Å². The summed E-state index contributed by atoms with van der Waals surface area (Å²) in [5.41, 5.74) is 11.0. The van der Waals surface area contributed by atoms with Crippen molar-refractivity contribution in [2.24, 2.45) is 0 Å². The maximum atomic E-state index is 6.57. The average molecular weight is 966 g/mol. The van der Waals surface area contributed by atoms with Crippen LogP contribution in [0.1, 0.15) is 22.3 Å². The number of benzene rings is 6. The van der Waals surface area contributed by atoms with Crippen molar-refractivity contribution < 1.29 is 24.8 Å². The average Bonchev–Trinajstić information content (AvgIpc) is 3.67. The monoisotopic (exact) mass is 966 g/mol. The van der Waals surface area contributed by atoms with E-state index in [-0.39, 0.29) is 20.1 Å². The molecule has 6 aromatic carbocycles. The van der Waals surface area contributed by atoms with Gasteiger partial charge >= 0.3 is 20.1 Å². The van der Waals surface area contributed by atoms with Gasteiger partial charge in [-0.2, -0.15) is 24.3 Å². The Morgan fingerprint density at radius 1 is 0.443 bits per heavy atom. The normalized spacial score (nSPS) is 10.8. The molecule has 0 saturated heterocycles. The Morgan fingerprint density at radius 2 is 1.08 bits per heavy atom. The standard InChI is InChI=1S/C38H30N2O.C17H11N2.Ir/c1-2-12-31(13-3-1)36-28-30(24-26-40-36)21-23-33-15-5-7-19-38(33)41-37-18-6-4-14-32(37)22-20-29-11-10-16-34(27-29)35-17-8-9-25-39-35;1-3-9-15-13(7-1)14-8-2-4-10-16(14)19(15)17-11-5-6-12-18-17;/h1-12,14-15,17-19,24-28H,20-23H2;1-9,11-12H;/q-2;-1;+3. The number of fused-ring (bicyclic) bond motifs is 3. The molecule has 61 heavy (non-hydrogen) atoms. The Bertz CT molecular complexity index is 2790. The number of hydrogen-bond acceptors (Lipinski definition) is 4. The van der Waals surface area contributed by atoms with Gasteiger partial charge in [0.25, 0.3) is 0 Å². The zero-order valence-electron chi connectivity index (χ0n) is 33.4. The first-order valence-electron chi connectivity index (χ1n) is 20.3. The van der Waals surface area contributed by atoms with Gasteiger partial charge in [0.15, 0.2) is 0 Å². The number of aryl methyl sites for hydroxylation is 4. The molecule has 0 saturated carbocycles. The summed E-state index contributed by atoms with van der Waals surface area (Å²) in [6.07, 6.45) is 9.07. The Kier molecular flexibility index (Phi) is 13.3. The summed E-state index contributed by atoms with van der Waals surface area (Å²) in [5, 5.41) is 2.45. The molecule has 0 aliphatic heterocycles. The minimum Gasteiger partial charge on any atom is -0.457 e. The maximum absolute atomic E-state index is 6.57. The number of ether oxygens (including phenoxy) is 1. The van der Waals surface area contributed by atoms with E-state index >= 15 is 0 Å². The Morgan fingerprint density at radius 3 is 1.82 bits per heavy atom. The van der Waals surface area contributed by atoms with E-state index in [4.69, 9.17) is 4.74 Å². The van der Waals surface area contributed by atoms with Gasteiger partial charge in [-0.1, -0.05) is 89.9 Å². The van der Waals surface area contributed by atoms with E-state index in [2.05, 4.69) is 129 Å². The van der Waals surface area contributed by atoms with Gasteiger partial charge in [0.2, 0.25) is 0 Å². The molecule has 10 rings (SSSR count). The van der Waals surface area contributed by atoms with Gasteiger partial charge in [0.05, 0.1) is 0 Å². The van der Waals surface area contributed by atoms with E-state index in [0.717, 1.165) is 71.0 Å². The molecule has 0 atom stereocenters. The summed E-state index contributed by atoms with van der Waals surface area (Å²) in [7, 11) is 0. The third kappa shape index (κ3) is 9.74. The molecule has 10 aromatic rings. The summed E-state index contributed by atoms with van der Waals surface area (Å²) >= 11 is 0. The zero-order valence-corrected chi connectivity index (χ0v) is 35.8. The van der Waals surface area contributed by atoms with Crippen LogP contribution in [-0.4, -0.2) is 19.5 Å². The van der Waals surface area contributed by atoms with Gasteiger partial charge in [-0.15, -0.1) is 76.7 Å². The van der Waals surface area contributed by atoms with Crippen LogP contribution in [0.25, 0.3) is 50.1 Å². The van der Waals surface area contributed by atoms with E-state index in [0.29, 0.717) is 0 Å². The Balaban J connectivity index is 0.000000213. The van der Waals surface area contributed by atoms with E-state index in [1.807, 2.05) is 110 Å². The van der Waals surface area contributed by atoms with Crippen molar-refractivity contribution in [1.82, 2.24) is 19.5 Å². The summed E-state index contributed by atoms with van der Waals surface area (Å²) in [5.74, 6) is 2.73. The fourth-order valence-electron chi connectivity index (χ4n) is 7.54. The molecule has 0 spiro atoms. The van der Waals surface area contributed by atoms with Gasteiger partial charge in [-0.05, 0) is 96.0 Å². The first-order valence-corrected chi connectivity index (χ1v) is 20.3. The number of rotatable bonds is 11. The van der Waals surface area contributed by atoms with Crippen LogP contribution in [0.5, 0.6) is 11.5 Å². The molecule has 6 heteroatoms. The third-order valence-corrected chi connectivity index (χ3v) is 10.5. The van der Waals surface area contributed by atoms with E-state index in [1.54, 1.807) is 0 Å². The van der Waals surface area contributed by atoms with Gasteiger partial charge in [0.1, 0.15) is 17.3 Å². The van der Waals surface area contributed by atoms with Crippen LogP contribution in [0.15, 0.2) is 201 Å². The van der Waals surface area contributed by atoms with E-state index in [9.17, 15) is 0 Å². The summed E-state index contributed by atoms with van der Waals surface area (Å²) < 4.78 is 8.73. The van der Waals surface area contributed by atoms with Gasteiger partial charge < -0.3 is 19.3 Å². The fourth-order valence-corrected chi connectivity index (χ4v) is 7.54. The first-order chi connectivity index (χ1) is 29.8. The predicted octanol–water partition coefficient (Wildman–Crippen LogP) is 12.8. The Hall–Kier alpha value is -6.98. The zero-order chi connectivity index (χ0) is 40.4. The summed E-state index contributed by atoms with van der Waals surface area (Å²) in [6.45, 7) is 0. The van der Waals surface area contributed by atoms with Crippen molar-refractivity contribution in [2.45, 2.75) is 25.7 Å². The van der Waals surface area contributed by atoms with Crippen LogP contribution < -0.4 is 4.74 Å². The van der Waals surface area contributed by atoms with Crippen molar-refractivity contribution in [2.75, 3.05) is 0 Å². The predicted molar refractivity (Wildman–Crippen MR) is 242 cm³/mol. The van der Waals surface area contributed by atoms with Crippen molar-refractivity contribution in [3.63, 3.8) is 0 Å². The second kappa shape index (κ2) is 19.8. The van der Waals surface area contributed by atoms with E-state index < -0.39 is 0 Å². The van der Waals surface area contributed by atoms with Crippen LogP contribution in [0, 0.1) is 18.2 Å². The molecule has 296 valence electrons. The largest absolute Gasteiger partial charge is 3.00 e. The van der Waals surface area contributed by atoms with Gasteiger partial charge in [0, 0.05) is 24.1 Å². The van der Waals surface area contributed by atoms with Crippen molar-refractivity contribution in [3.8, 4) is 39.8 Å². The molecule has 0 fully saturated rings. The Labute approximate surface area is 370 Å². The second-order valence-corrected chi connectivity index (χ2v) is 14.4. The number of pyridine rings is 3. The van der Waals surface area contributed by atoms with Crippen molar-refractivity contribution in [3.05, 3.63) is 241 Å². The molecule has 4 heterocycles. The minimum absolute atomic E-state index is 0. The number of hydrogen-bond donors (Lipinski definition) is 0. The summed E-state index contributed by atoms with van der Waals surface area (Å²) in [4.78, 5) is 13.5. The van der Waals surface area contributed by atoms with Gasteiger partial charge in [-0.25, -0.2) is 4.98 Å². The molecule has 4 aromatic heterocycles. The number of aromatic nitrogens is 4. The smallest absolute Gasteiger partial charge is 0.457 e. The molecular weight excluding hydrogens is 925 g/mol. The molecule has 0 N–H and O–H groups in total. The molecule has 0 bridgehead atoms. The fraction of sp³-hybridized carbons (Fsp3) is 0.0727. The second-order valence-electron chi connectivity index (χ2n) is 14.4. The maximum Gasteiger partial charge on any atom is 3.00 e. The first kappa shape index (κ1) is 40.8.